The van der Waals surface area contributed by atoms with E-state index in [9.17, 15) is 9.59 Å². The van der Waals surface area contributed by atoms with Crippen molar-refractivity contribution in [3.63, 3.8) is 0 Å². The highest BCUT2D eigenvalue weighted by Gasteiger charge is 2.13. The maximum absolute atomic E-state index is 12.4. The molecule has 1 aromatic heterocycles. The summed E-state index contributed by atoms with van der Waals surface area (Å²) in [6.45, 7) is 1.83. The lowest BCUT2D eigenvalue weighted by molar-refractivity contribution is -0.118. The number of ketones is 1. The molecule has 28 heavy (non-hydrogen) atoms. The second-order valence-electron chi connectivity index (χ2n) is 6.67. The molecule has 1 amide bonds. The van der Waals surface area contributed by atoms with Gasteiger partial charge in [-0.1, -0.05) is 48.9 Å². The minimum Gasteiger partial charge on any atom is -0.315 e. The highest BCUT2D eigenvalue weighted by Crippen LogP contribution is 2.31. The van der Waals surface area contributed by atoms with Crippen LogP contribution in [0.3, 0.4) is 0 Å². The van der Waals surface area contributed by atoms with Gasteiger partial charge in [0.15, 0.2) is 5.78 Å². The fourth-order valence-corrected chi connectivity index (χ4v) is 3.30. The smallest absolute Gasteiger partial charge is 0.226 e. The Kier molecular flexibility index (Phi) is 5.95. The molecular formula is C22H22ClN3O2. The highest BCUT2D eigenvalue weighted by molar-refractivity contribution is 6.33. The third-order valence-electron chi connectivity index (χ3n) is 4.66. The van der Waals surface area contributed by atoms with Crippen molar-refractivity contribution in [1.82, 2.24) is 9.78 Å². The summed E-state index contributed by atoms with van der Waals surface area (Å²) in [7, 11) is 3.56. The van der Waals surface area contributed by atoms with E-state index in [0.717, 1.165) is 22.4 Å². The number of hydrogen-bond acceptors (Lipinski definition) is 3. The van der Waals surface area contributed by atoms with Crippen LogP contribution in [0, 0.1) is 0 Å². The maximum atomic E-state index is 12.4. The molecule has 5 nitrogen and oxygen atoms in total. The van der Waals surface area contributed by atoms with Crippen LogP contribution < -0.4 is 4.90 Å². The molecule has 0 aliphatic rings. The van der Waals surface area contributed by atoms with Gasteiger partial charge in [0.1, 0.15) is 0 Å². The van der Waals surface area contributed by atoms with Gasteiger partial charge in [-0.2, -0.15) is 5.10 Å². The van der Waals surface area contributed by atoms with Crippen molar-refractivity contribution in [3.8, 4) is 11.1 Å². The Morgan fingerprint density at radius 2 is 1.86 bits per heavy atom. The Morgan fingerprint density at radius 1 is 1.14 bits per heavy atom. The van der Waals surface area contributed by atoms with Gasteiger partial charge in [-0.05, 0) is 23.3 Å². The Balaban J connectivity index is 1.77. The van der Waals surface area contributed by atoms with Gasteiger partial charge >= 0.3 is 0 Å². The van der Waals surface area contributed by atoms with Crippen molar-refractivity contribution < 1.29 is 9.59 Å². The standard InChI is InChI=1S/C22H22ClN3O2/c1-4-22(28)26(3)18-9-10-19(20(23)12-18)16-5-7-17(8-6-16)21(27)11-15-13-24-25(2)14-15/h5-10,12-14H,4,11H2,1-3H3. The summed E-state index contributed by atoms with van der Waals surface area (Å²) in [4.78, 5) is 25.9. The number of aromatic nitrogens is 2. The van der Waals surface area contributed by atoms with Crippen LogP contribution in [-0.2, 0) is 18.3 Å². The van der Waals surface area contributed by atoms with Crippen LogP contribution in [0.15, 0.2) is 54.9 Å². The number of amides is 1. The molecular weight excluding hydrogens is 374 g/mol. The molecule has 0 fully saturated rings. The van der Waals surface area contributed by atoms with E-state index in [4.69, 9.17) is 11.6 Å². The molecule has 2 aromatic carbocycles. The van der Waals surface area contributed by atoms with Crippen molar-refractivity contribution in [2.24, 2.45) is 7.05 Å². The van der Waals surface area contributed by atoms with Gasteiger partial charge < -0.3 is 4.90 Å². The van der Waals surface area contributed by atoms with Crippen LogP contribution in [0.25, 0.3) is 11.1 Å². The van der Waals surface area contributed by atoms with E-state index in [2.05, 4.69) is 5.10 Å². The zero-order chi connectivity index (χ0) is 20.3. The Morgan fingerprint density at radius 3 is 2.43 bits per heavy atom. The van der Waals surface area contributed by atoms with Gasteiger partial charge in [-0.25, -0.2) is 0 Å². The van der Waals surface area contributed by atoms with Crippen molar-refractivity contribution in [3.05, 3.63) is 71.0 Å². The van der Waals surface area contributed by atoms with E-state index >= 15 is 0 Å². The minimum atomic E-state index is 0.0281. The predicted octanol–water partition coefficient (Wildman–Crippen LogP) is 4.54. The lowest BCUT2D eigenvalue weighted by atomic mass is 10.00. The summed E-state index contributed by atoms with van der Waals surface area (Å²) < 4.78 is 1.68. The molecule has 0 N–H and O–H groups in total. The first-order valence-electron chi connectivity index (χ1n) is 9.06. The first kappa shape index (κ1) is 19.8. The summed E-state index contributed by atoms with van der Waals surface area (Å²) in [6, 6.07) is 12.9. The van der Waals surface area contributed by atoms with E-state index in [-0.39, 0.29) is 11.7 Å². The quantitative estimate of drug-likeness (QED) is 0.576. The van der Waals surface area contributed by atoms with E-state index in [1.807, 2.05) is 56.6 Å². The van der Waals surface area contributed by atoms with Gasteiger partial charge in [0.2, 0.25) is 5.91 Å². The average Bonchev–Trinajstić information content (AvgIpc) is 3.11. The van der Waals surface area contributed by atoms with Crippen molar-refractivity contribution in [1.29, 1.82) is 0 Å². The number of carbonyl (C=O) groups is 2. The fourth-order valence-electron chi connectivity index (χ4n) is 3.01. The van der Waals surface area contributed by atoms with Crippen LogP contribution in [0.2, 0.25) is 5.02 Å². The Labute approximate surface area is 169 Å². The van der Waals surface area contributed by atoms with Crippen LogP contribution in [0.1, 0.15) is 29.3 Å². The minimum absolute atomic E-state index is 0.0281. The molecule has 0 saturated heterocycles. The van der Waals surface area contributed by atoms with Crippen molar-refractivity contribution >= 4 is 29.0 Å². The third kappa shape index (κ3) is 4.31. The van der Waals surface area contributed by atoms with E-state index in [1.54, 1.807) is 28.9 Å². The lowest BCUT2D eigenvalue weighted by Gasteiger charge is -2.17. The van der Waals surface area contributed by atoms with E-state index in [0.29, 0.717) is 23.4 Å². The number of halogens is 1. The molecule has 0 radical (unpaired) electrons. The topological polar surface area (TPSA) is 55.2 Å². The van der Waals surface area contributed by atoms with Crippen LogP contribution in [0.4, 0.5) is 5.69 Å². The molecule has 144 valence electrons. The zero-order valence-electron chi connectivity index (χ0n) is 16.1. The molecule has 3 rings (SSSR count). The molecule has 0 spiro atoms. The fraction of sp³-hybridized carbons (Fsp3) is 0.227. The molecule has 0 aliphatic carbocycles. The highest BCUT2D eigenvalue weighted by atomic mass is 35.5. The molecule has 0 unspecified atom stereocenters. The molecule has 6 heteroatoms. The number of nitrogens with zero attached hydrogens (tertiary/aromatic N) is 3. The monoisotopic (exact) mass is 395 g/mol. The maximum Gasteiger partial charge on any atom is 0.226 e. The molecule has 0 atom stereocenters. The zero-order valence-corrected chi connectivity index (χ0v) is 16.9. The number of Topliss-reactive ketones (excluding diaryl/α,β-unsaturated/α-hetero) is 1. The largest absolute Gasteiger partial charge is 0.315 e. The number of carbonyl (C=O) groups excluding carboxylic acids is 2. The normalized spacial score (nSPS) is 10.7. The summed E-state index contributed by atoms with van der Waals surface area (Å²) in [5, 5.41) is 4.65. The van der Waals surface area contributed by atoms with Gasteiger partial charge in [0.05, 0.1) is 11.2 Å². The van der Waals surface area contributed by atoms with Crippen molar-refractivity contribution in [2.45, 2.75) is 19.8 Å². The Hall–Kier alpha value is -2.92. The van der Waals surface area contributed by atoms with Gasteiger partial charge in [0.25, 0.3) is 0 Å². The molecule has 3 aromatic rings. The second kappa shape index (κ2) is 8.40. The number of anilines is 1. The molecule has 0 bridgehead atoms. The SMILES string of the molecule is CCC(=O)N(C)c1ccc(-c2ccc(C(=O)Cc3cnn(C)c3)cc2)c(Cl)c1. The summed E-state index contributed by atoms with van der Waals surface area (Å²) in [5.41, 5.74) is 4.06. The number of rotatable bonds is 6. The van der Waals surface area contributed by atoms with E-state index in [1.165, 1.54) is 0 Å². The predicted molar refractivity (Wildman–Crippen MR) is 112 cm³/mol. The molecule has 1 heterocycles. The first-order valence-corrected chi connectivity index (χ1v) is 9.44. The van der Waals surface area contributed by atoms with Gasteiger partial charge in [0, 0.05) is 49.9 Å². The van der Waals surface area contributed by atoms with Crippen LogP contribution in [0.5, 0.6) is 0 Å². The molecule has 0 saturated carbocycles. The number of aryl methyl sites for hydroxylation is 1. The van der Waals surface area contributed by atoms with Crippen LogP contribution >= 0.6 is 11.6 Å². The number of benzene rings is 2. The summed E-state index contributed by atoms with van der Waals surface area (Å²) in [6.07, 6.45) is 4.30. The number of hydrogen-bond donors (Lipinski definition) is 0. The van der Waals surface area contributed by atoms with Crippen LogP contribution in [-0.4, -0.2) is 28.5 Å². The average molecular weight is 396 g/mol. The third-order valence-corrected chi connectivity index (χ3v) is 4.97. The second-order valence-corrected chi connectivity index (χ2v) is 7.08. The van der Waals surface area contributed by atoms with Crippen molar-refractivity contribution in [2.75, 3.05) is 11.9 Å². The summed E-state index contributed by atoms with van der Waals surface area (Å²) in [5.74, 6) is 0.0704. The summed E-state index contributed by atoms with van der Waals surface area (Å²) >= 11 is 6.45. The Bertz CT molecular complexity index is 1010. The lowest BCUT2D eigenvalue weighted by Crippen LogP contribution is -2.24. The van der Waals surface area contributed by atoms with E-state index < -0.39 is 0 Å². The molecule has 0 aliphatic heterocycles. The van der Waals surface area contributed by atoms with Gasteiger partial charge in [-0.3, -0.25) is 14.3 Å². The first-order chi connectivity index (χ1) is 13.4. The van der Waals surface area contributed by atoms with Gasteiger partial charge in [-0.15, -0.1) is 0 Å².